The van der Waals surface area contributed by atoms with Crippen LogP contribution in [0.25, 0.3) is 0 Å². The molecule has 0 N–H and O–H groups in total. The summed E-state index contributed by atoms with van der Waals surface area (Å²) in [6.07, 6.45) is 0. The van der Waals surface area contributed by atoms with Gasteiger partial charge in [0, 0.05) is 31.0 Å². The zero-order chi connectivity index (χ0) is 20.6. The number of para-hydroxylation sites is 1. The molecule has 0 aromatic heterocycles. The lowest BCUT2D eigenvalue weighted by molar-refractivity contribution is -0.146. The number of nitrogens with zero attached hydrogens (tertiary/aromatic N) is 3. The average Bonchev–Trinajstić information content (AvgIpc) is 2.63. The molecule has 5 nitrogen and oxygen atoms in total. The quantitative estimate of drug-likeness (QED) is 0.815. The van der Waals surface area contributed by atoms with E-state index in [0.29, 0.717) is 0 Å². The predicted octanol–water partition coefficient (Wildman–Crippen LogP) is 3.78. The Labute approximate surface area is 167 Å². The molecule has 1 atom stereocenters. The molecular weight excluding hydrogens is 350 g/mol. The van der Waals surface area contributed by atoms with E-state index in [1.165, 1.54) is 0 Å². The number of amides is 2. The van der Waals surface area contributed by atoms with Crippen molar-refractivity contribution in [3.63, 3.8) is 0 Å². The predicted molar refractivity (Wildman–Crippen MR) is 114 cm³/mol. The standard InChI is InChI=1S/C23H29N3O2/c1-16-9-7-8-10-19(16)26-20(27)15-25(23(2,3)4)22(28)21(26)17-11-13-18(14-12-17)24(5)6/h7-14,21H,15H2,1-6H3/t21-/m0/s1. The summed E-state index contributed by atoms with van der Waals surface area (Å²) in [4.78, 5) is 32.2. The van der Waals surface area contributed by atoms with E-state index < -0.39 is 11.6 Å². The molecule has 1 saturated heterocycles. The number of hydrogen-bond donors (Lipinski definition) is 0. The van der Waals surface area contributed by atoms with Crippen LogP contribution in [0.2, 0.25) is 0 Å². The van der Waals surface area contributed by atoms with E-state index in [1.54, 1.807) is 9.80 Å². The molecule has 2 amide bonds. The van der Waals surface area contributed by atoms with Crippen molar-refractivity contribution < 1.29 is 9.59 Å². The fraction of sp³-hybridized carbons (Fsp3) is 0.391. The Morgan fingerprint density at radius 1 is 0.964 bits per heavy atom. The second-order valence-electron chi connectivity index (χ2n) is 8.53. The van der Waals surface area contributed by atoms with E-state index in [0.717, 1.165) is 22.5 Å². The number of piperazine rings is 1. The van der Waals surface area contributed by atoms with Crippen LogP contribution in [0.1, 0.15) is 37.9 Å². The number of rotatable bonds is 3. The van der Waals surface area contributed by atoms with E-state index in [4.69, 9.17) is 0 Å². The molecule has 5 heteroatoms. The van der Waals surface area contributed by atoms with Crippen molar-refractivity contribution in [3.05, 3.63) is 59.7 Å². The van der Waals surface area contributed by atoms with Gasteiger partial charge in [-0.15, -0.1) is 0 Å². The highest BCUT2D eigenvalue weighted by Crippen LogP contribution is 2.36. The van der Waals surface area contributed by atoms with Gasteiger partial charge >= 0.3 is 0 Å². The van der Waals surface area contributed by atoms with Crippen molar-refractivity contribution in [2.24, 2.45) is 0 Å². The lowest BCUT2D eigenvalue weighted by Crippen LogP contribution is -2.61. The summed E-state index contributed by atoms with van der Waals surface area (Å²) >= 11 is 0. The smallest absolute Gasteiger partial charge is 0.251 e. The summed E-state index contributed by atoms with van der Waals surface area (Å²) in [5.74, 6) is -0.113. The van der Waals surface area contributed by atoms with Gasteiger partial charge in [0.25, 0.3) is 5.91 Å². The molecule has 3 rings (SSSR count). The first-order chi connectivity index (χ1) is 13.1. The summed E-state index contributed by atoms with van der Waals surface area (Å²) in [5.41, 5.74) is 3.21. The Morgan fingerprint density at radius 3 is 2.11 bits per heavy atom. The third-order valence-electron chi connectivity index (χ3n) is 5.23. The van der Waals surface area contributed by atoms with Gasteiger partial charge in [0.1, 0.15) is 12.6 Å². The van der Waals surface area contributed by atoms with Gasteiger partial charge in [-0.05, 0) is 57.0 Å². The number of anilines is 2. The molecule has 28 heavy (non-hydrogen) atoms. The fourth-order valence-corrected chi connectivity index (χ4v) is 3.61. The number of aryl methyl sites for hydroxylation is 1. The van der Waals surface area contributed by atoms with Crippen LogP contribution in [0.3, 0.4) is 0 Å². The first-order valence-corrected chi connectivity index (χ1v) is 9.57. The van der Waals surface area contributed by atoms with Crippen molar-refractivity contribution in [2.75, 3.05) is 30.4 Å². The summed E-state index contributed by atoms with van der Waals surface area (Å²) in [6, 6.07) is 14.9. The van der Waals surface area contributed by atoms with Crippen LogP contribution in [0, 0.1) is 6.92 Å². The monoisotopic (exact) mass is 379 g/mol. The molecular formula is C23H29N3O2. The lowest BCUT2D eigenvalue weighted by atomic mass is 9.95. The molecule has 2 aromatic rings. The van der Waals surface area contributed by atoms with Crippen LogP contribution < -0.4 is 9.80 Å². The molecule has 0 radical (unpaired) electrons. The molecule has 1 fully saturated rings. The van der Waals surface area contributed by atoms with Crippen LogP contribution in [0.15, 0.2) is 48.5 Å². The zero-order valence-electron chi connectivity index (χ0n) is 17.6. The summed E-state index contributed by atoms with van der Waals surface area (Å²) in [5, 5.41) is 0. The van der Waals surface area contributed by atoms with Gasteiger partial charge in [0.2, 0.25) is 5.91 Å². The lowest BCUT2D eigenvalue weighted by Gasteiger charge is -2.46. The highest BCUT2D eigenvalue weighted by Gasteiger charge is 2.44. The van der Waals surface area contributed by atoms with Gasteiger partial charge in [-0.25, -0.2) is 0 Å². The molecule has 1 aliphatic rings. The minimum Gasteiger partial charge on any atom is -0.378 e. The molecule has 2 aromatic carbocycles. The highest BCUT2D eigenvalue weighted by molar-refractivity contribution is 6.07. The Kier molecular flexibility index (Phi) is 5.20. The maximum Gasteiger partial charge on any atom is 0.251 e. The number of hydrogen-bond acceptors (Lipinski definition) is 3. The molecule has 0 aliphatic carbocycles. The maximum atomic E-state index is 13.6. The highest BCUT2D eigenvalue weighted by atomic mass is 16.2. The molecule has 1 heterocycles. The molecule has 1 aliphatic heterocycles. The summed E-state index contributed by atoms with van der Waals surface area (Å²) in [6.45, 7) is 7.95. The summed E-state index contributed by atoms with van der Waals surface area (Å²) < 4.78 is 0. The third kappa shape index (κ3) is 3.61. The Hall–Kier alpha value is -2.82. The third-order valence-corrected chi connectivity index (χ3v) is 5.23. The Bertz CT molecular complexity index is 881. The number of benzene rings is 2. The minimum atomic E-state index is -0.669. The fourth-order valence-electron chi connectivity index (χ4n) is 3.61. The van der Waals surface area contributed by atoms with Crippen LogP contribution in [0.4, 0.5) is 11.4 Å². The Balaban J connectivity index is 2.13. The van der Waals surface area contributed by atoms with E-state index in [9.17, 15) is 9.59 Å². The van der Waals surface area contributed by atoms with Gasteiger partial charge in [0.15, 0.2) is 0 Å². The van der Waals surface area contributed by atoms with Crippen molar-refractivity contribution in [3.8, 4) is 0 Å². The van der Waals surface area contributed by atoms with Gasteiger partial charge < -0.3 is 9.80 Å². The van der Waals surface area contributed by atoms with E-state index in [2.05, 4.69) is 0 Å². The van der Waals surface area contributed by atoms with Gasteiger partial charge in [-0.3, -0.25) is 14.5 Å². The van der Waals surface area contributed by atoms with Gasteiger partial charge in [-0.1, -0.05) is 30.3 Å². The van der Waals surface area contributed by atoms with E-state index in [-0.39, 0.29) is 18.4 Å². The largest absolute Gasteiger partial charge is 0.378 e. The summed E-state index contributed by atoms with van der Waals surface area (Å²) in [7, 11) is 3.95. The topological polar surface area (TPSA) is 43.9 Å². The average molecular weight is 380 g/mol. The second-order valence-corrected chi connectivity index (χ2v) is 8.53. The van der Waals surface area contributed by atoms with E-state index in [1.807, 2.05) is 95.2 Å². The van der Waals surface area contributed by atoms with Crippen molar-refractivity contribution >= 4 is 23.2 Å². The minimum absolute atomic E-state index is 0.0482. The van der Waals surface area contributed by atoms with Crippen LogP contribution >= 0.6 is 0 Å². The molecule has 0 bridgehead atoms. The van der Waals surface area contributed by atoms with E-state index >= 15 is 0 Å². The van der Waals surface area contributed by atoms with Crippen LogP contribution in [-0.4, -0.2) is 42.9 Å². The maximum absolute atomic E-state index is 13.6. The van der Waals surface area contributed by atoms with Crippen molar-refractivity contribution in [1.82, 2.24) is 4.90 Å². The van der Waals surface area contributed by atoms with Crippen LogP contribution in [0.5, 0.6) is 0 Å². The molecule has 0 unspecified atom stereocenters. The Morgan fingerprint density at radius 2 is 1.57 bits per heavy atom. The SMILES string of the molecule is Cc1ccccc1N1C(=O)CN(C(C)(C)C)C(=O)[C@@H]1c1ccc(N(C)C)cc1. The molecule has 0 spiro atoms. The zero-order valence-corrected chi connectivity index (χ0v) is 17.6. The molecule has 0 saturated carbocycles. The number of carbonyl (C=O) groups is 2. The van der Waals surface area contributed by atoms with Crippen LogP contribution in [-0.2, 0) is 9.59 Å². The normalized spacial score (nSPS) is 17.9. The van der Waals surface area contributed by atoms with Gasteiger partial charge in [0.05, 0.1) is 0 Å². The molecule has 148 valence electrons. The first-order valence-electron chi connectivity index (χ1n) is 9.57. The first kappa shape index (κ1) is 19.9. The van der Waals surface area contributed by atoms with Crippen molar-refractivity contribution in [2.45, 2.75) is 39.3 Å². The second kappa shape index (κ2) is 7.30. The number of carbonyl (C=O) groups excluding carboxylic acids is 2. The van der Waals surface area contributed by atoms with Gasteiger partial charge in [-0.2, -0.15) is 0 Å². The van der Waals surface area contributed by atoms with Crippen molar-refractivity contribution in [1.29, 1.82) is 0 Å².